The van der Waals surface area contributed by atoms with Gasteiger partial charge in [0, 0.05) is 12.5 Å². The van der Waals surface area contributed by atoms with Gasteiger partial charge in [-0.1, -0.05) is 6.42 Å². The normalized spacial score (nSPS) is 21.5. The summed E-state index contributed by atoms with van der Waals surface area (Å²) in [6.07, 6.45) is 3.76. The summed E-state index contributed by atoms with van der Waals surface area (Å²) in [5.74, 6) is -0.638. The van der Waals surface area contributed by atoms with Crippen LogP contribution >= 0.6 is 0 Å². The quantitative estimate of drug-likeness (QED) is 0.627. The Morgan fingerprint density at radius 2 is 2.12 bits per heavy atom. The van der Waals surface area contributed by atoms with E-state index in [1.807, 2.05) is 0 Å². The summed E-state index contributed by atoms with van der Waals surface area (Å²) in [6.45, 7) is 4.19. The minimum atomic E-state index is -0.967. The van der Waals surface area contributed by atoms with Crippen LogP contribution in [-0.2, 0) is 9.59 Å². The van der Waals surface area contributed by atoms with Gasteiger partial charge in [0.1, 0.15) is 5.54 Å². The van der Waals surface area contributed by atoms with Crippen LogP contribution in [-0.4, -0.2) is 29.9 Å². The molecule has 1 rings (SSSR count). The summed E-state index contributed by atoms with van der Waals surface area (Å²) < 4.78 is 0. The van der Waals surface area contributed by atoms with Crippen LogP contribution in [0.2, 0.25) is 0 Å². The van der Waals surface area contributed by atoms with Crippen LogP contribution in [0.4, 0.5) is 0 Å². The van der Waals surface area contributed by atoms with E-state index in [9.17, 15) is 9.59 Å². The molecular formula is C11H21N3O2. The highest BCUT2D eigenvalue weighted by Gasteiger charge is 2.27. The molecule has 1 aliphatic rings. The van der Waals surface area contributed by atoms with Crippen molar-refractivity contribution in [3.05, 3.63) is 0 Å². The number of piperidine rings is 1. The summed E-state index contributed by atoms with van der Waals surface area (Å²) in [6, 6.07) is 0.234. The van der Waals surface area contributed by atoms with Gasteiger partial charge < -0.3 is 16.4 Å². The first-order valence-corrected chi connectivity index (χ1v) is 5.76. The maximum absolute atomic E-state index is 11.7. The van der Waals surface area contributed by atoms with Crippen molar-refractivity contribution < 1.29 is 9.59 Å². The molecule has 0 aromatic rings. The van der Waals surface area contributed by atoms with Crippen LogP contribution < -0.4 is 16.4 Å². The molecule has 16 heavy (non-hydrogen) atoms. The van der Waals surface area contributed by atoms with E-state index in [0.717, 1.165) is 19.4 Å². The first kappa shape index (κ1) is 13.0. The van der Waals surface area contributed by atoms with Crippen LogP contribution in [0.5, 0.6) is 0 Å². The zero-order valence-corrected chi connectivity index (χ0v) is 10.0. The second kappa shape index (κ2) is 5.30. The summed E-state index contributed by atoms with van der Waals surface area (Å²) in [5.41, 5.74) is 4.22. The number of carbonyl (C=O) groups excluding carboxylic acids is 2. The number of nitrogens with two attached hydrogens (primary N) is 1. The SMILES string of the molecule is CC(C)(NC(=O)CC1CCCCN1)C(N)=O. The predicted molar refractivity (Wildman–Crippen MR) is 61.7 cm³/mol. The molecule has 1 unspecified atom stereocenters. The highest BCUT2D eigenvalue weighted by Crippen LogP contribution is 2.10. The van der Waals surface area contributed by atoms with Crippen molar-refractivity contribution in [3.8, 4) is 0 Å². The smallest absolute Gasteiger partial charge is 0.242 e. The number of hydrogen-bond acceptors (Lipinski definition) is 3. The van der Waals surface area contributed by atoms with Crippen LogP contribution in [0.15, 0.2) is 0 Å². The molecule has 0 saturated carbocycles. The molecule has 1 saturated heterocycles. The van der Waals surface area contributed by atoms with Gasteiger partial charge in [-0.25, -0.2) is 0 Å². The van der Waals surface area contributed by atoms with E-state index < -0.39 is 11.4 Å². The minimum absolute atomic E-state index is 0.122. The summed E-state index contributed by atoms with van der Waals surface area (Å²) >= 11 is 0. The van der Waals surface area contributed by atoms with Gasteiger partial charge in [-0.2, -0.15) is 0 Å². The van der Waals surface area contributed by atoms with Crippen molar-refractivity contribution in [2.24, 2.45) is 5.73 Å². The van der Waals surface area contributed by atoms with Crippen molar-refractivity contribution in [2.45, 2.75) is 51.1 Å². The van der Waals surface area contributed by atoms with Gasteiger partial charge >= 0.3 is 0 Å². The van der Waals surface area contributed by atoms with E-state index >= 15 is 0 Å². The largest absolute Gasteiger partial charge is 0.368 e. The summed E-state index contributed by atoms with van der Waals surface area (Å²) in [7, 11) is 0. The summed E-state index contributed by atoms with van der Waals surface area (Å²) in [5, 5.41) is 5.94. The van der Waals surface area contributed by atoms with Gasteiger partial charge in [0.15, 0.2) is 0 Å². The van der Waals surface area contributed by atoms with Crippen LogP contribution in [0.25, 0.3) is 0 Å². The van der Waals surface area contributed by atoms with Gasteiger partial charge in [-0.3, -0.25) is 9.59 Å². The van der Waals surface area contributed by atoms with E-state index in [2.05, 4.69) is 10.6 Å². The Morgan fingerprint density at radius 1 is 1.44 bits per heavy atom. The maximum atomic E-state index is 11.7. The topological polar surface area (TPSA) is 84.2 Å². The molecule has 1 aliphatic heterocycles. The zero-order chi connectivity index (χ0) is 12.2. The number of rotatable bonds is 4. The Hall–Kier alpha value is -1.10. The molecule has 0 aromatic heterocycles. The molecule has 0 bridgehead atoms. The summed E-state index contributed by atoms with van der Waals surface area (Å²) in [4.78, 5) is 22.7. The Morgan fingerprint density at radius 3 is 2.62 bits per heavy atom. The van der Waals surface area contributed by atoms with E-state index in [0.29, 0.717) is 6.42 Å². The Balaban J connectivity index is 2.37. The second-order valence-corrected chi connectivity index (χ2v) is 4.89. The van der Waals surface area contributed by atoms with Crippen molar-refractivity contribution in [3.63, 3.8) is 0 Å². The van der Waals surface area contributed by atoms with Gasteiger partial charge in [-0.05, 0) is 33.2 Å². The Kier molecular flexibility index (Phi) is 4.29. The molecule has 5 heteroatoms. The molecule has 5 nitrogen and oxygen atoms in total. The standard InChI is InChI=1S/C11H21N3O2/c1-11(2,10(12)16)14-9(15)7-8-5-3-4-6-13-8/h8,13H,3-7H2,1-2H3,(H2,12,16)(H,14,15). The Bertz CT molecular complexity index is 270. The molecule has 4 N–H and O–H groups in total. The first-order chi connectivity index (χ1) is 7.42. The molecule has 0 radical (unpaired) electrons. The van der Waals surface area contributed by atoms with Crippen molar-refractivity contribution >= 4 is 11.8 Å². The van der Waals surface area contributed by atoms with Crippen molar-refractivity contribution in [2.75, 3.05) is 6.54 Å². The highest BCUT2D eigenvalue weighted by molar-refractivity contribution is 5.89. The maximum Gasteiger partial charge on any atom is 0.242 e. The molecule has 92 valence electrons. The van der Waals surface area contributed by atoms with Crippen LogP contribution in [0.1, 0.15) is 39.5 Å². The predicted octanol–water partition coefficient (Wildman–Crippen LogP) is -0.101. The van der Waals surface area contributed by atoms with Crippen molar-refractivity contribution in [1.82, 2.24) is 10.6 Å². The minimum Gasteiger partial charge on any atom is -0.368 e. The lowest BCUT2D eigenvalue weighted by Gasteiger charge is -2.26. The first-order valence-electron chi connectivity index (χ1n) is 5.76. The fourth-order valence-electron chi connectivity index (χ4n) is 1.78. The van der Waals surface area contributed by atoms with Crippen LogP contribution in [0.3, 0.4) is 0 Å². The zero-order valence-electron chi connectivity index (χ0n) is 10.0. The van der Waals surface area contributed by atoms with Gasteiger partial charge in [-0.15, -0.1) is 0 Å². The average Bonchev–Trinajstić information content (AvgIpc) is 2.17. The third-order valence-corrected chi connectivity index (χ3v) is 2.91. The van der Waals surface area contributed by atoms with E-state index in [-0.39, 0.29) is 11.9 Å². The van der Waals surface area contributed by atoms with Gasteiger partial charge in [0.05, 0.1) is 0 Å². The molecule has 0 aliphatic carbocycles. The molecule has 2 amide bonds. The van der Waals surface area contributed by atoms with E-state index in [1.165, 1.54) is 6.42 Å². The number of nitrogens with one attached hydrogen (secondary N) is 2. The lowest BCUT2D eigenvalue weighted by molar-refractivity contribution is -0.130. The lowest BCUT2D eigenvalue weighted by atomic mass is 10.00. The van der Waals surface area contributed by atoms with Gasteiger partial charge in [0.25, 0.3) is 0 Å². The van der Waals surface area contributed by atoms with E-state index in [1.54, 1.807) is 13.8 Å². The monoisotopic (exact) mass is 227 g/mol. The lowest BCUT2D eigenvalue weighted by Crippen LogP contribution is -2.54. The molecular weight excluding hydrogens is 206 g/mol. The van der Waals surface area contributed by atoms with Crippen LogP contribution in [0, 0.1) is 0 Å². The fraction of sp³-hybridized carbons (Fsp3) is 0.818. The number of carbonyl (C=O) groups is 2. The van der Waals surface area contributed by atoms with E-state index in [4.69, 9.17) is 5.73 Å². The van der Waals surface area contributed by atoms with Crippen molar-refractivity contribution in [1.29, 1.82) is 0 Å². The third-order valence-electron chi connectivity index (χ3n) is 2.91. The molecule has 0 aromatic carbocycles. The fourth-order valence-corrected chi connectivity index (χ4v) is 1.78. The molecule has 0 spiro atoms. The highest BCUT2D eigenvalue weighted by atomic mass is 16.2. The molecule has 1 heterocycles. The second-order valence-electron chi connectivity index (χ2n) is 4.89. The average molecular weight is 227 g/mol. The molecule has 1 fully saturated rings. The third kappa shape index (κ3) is 3.81. The number of primary amides is 1. The molecule has 1 atom stereocenters. The number of hydrogen-bond donors (Lipinski definition) is 3. The van der Waals surface area contributed by atoms with Gasteiger partial charge in [0.2, 0.25) is 11.8 Å². The number of amides is 2. The Labute approximate surface area is 96.1 Å².